The Kier molecular flexibility index (Phi) is 4.70. The first-order chi connectivity index (χ1) is 9.86. The molecule has 21 heavy (non-hydrogen) atoms. The Morgan fingerprint density at radius 1 is 1.29 bits per heavy atom. The second-order valence-electron chi connectivity index (χ2n) is 4.78. The standard InChI is InChI=1S/C15H15Cl2N3O/c1-8-5-10(6-14(18)19-8)15(21)20-9(2)12-4-3-11(16)7-13(12)17/h3-7,9H,1-2H3,(H2,18,19)(H,20,21). The molecule has 0 spiro atoms. The number of halogens is 2. The number of hydrogen-bond donors (Lipinski definition) is 2. The molecule has 0 aliphatic carbocycles. The first-order valence-electron chi connectivity index (χ1n) is 6.37. The monoisotopic (exact) mass is 323 g/mol. The Morgan fingerprint density at radius 2 is 2.00 bits per heavy atom. The molecule has 4 nitrogen and oxygen atoms in total. The van der Waals surface area contributed by atoms with Crippen LogP contribution in [0.15, 0.2) is 30.3 Å². The molecule has 1 atom stereocenters. The third-order valence-electron chi connectivity index (χ3n) is 3.01. The highest BCUT2D eigenvalue weighted by molar-refractivity contribution is 6.35. The molecule has 3 N–H and O–H groups in total. The van der Waals surface area contributed by atoms with Crippen LogP contribution in [-0.4, -0.2) is 10.9 Å². The van der Waals surface area contributed by atoms with E-state index in [0.717, 1.165) is 5.56 Å². The highest BCUT2D eigenvalue weighted by Crippen LogP contribution is 2.26. The fourth-order valence-electron chi connectivity index (χ4n) is 2.04. The van der Waals surface area contributed by atoms with E-state index >= 15 is 0 Å². The number of rotatable bonds is 3. The van der Waals surface area contributed by atoms with Crippen LogP contribution in [0, 0.1) is 6.92 Å². The van der Waals surface area contributed by atoms with E-state index in [1.807, 2.05) is 6.92 Å². The number of pyridine rings is 1. The summed E-state index contributed by atoms with van der Waals surface area (Å²) in [5.41, 5.74) is 7.61. The SMILES string of the molecule is Cc1cc(C(=O)NC(C)c2ccc(Cl)cc2Cl)cc(N)n1. The van der Waals surface area contributed by atoms with Crippen LogP contribution in [0.1, 0.15) is 34.6 Å². The second-order valence-corrected chi connectivity index (χ2v) is 5.63. The van der Waals surface area contributed by atoms with E-state index in [2.05, 4.69) is 10.3 Å². The van der Waals surface area contributed by atoms with E-state index in [1.165, 1.54) is 0 Å². The van der Waals surface area contributed by atoms with E-state index in [1.54, 1.807) is 37.3 Å². The molecule has 1 aromatic heterocycles. The van der Waals surface area contributed by atoms with Crippen molar-refractivity contribution in [3.05, 3.63) is 57.2 Å². The molecule has 1 aromatic carbocycles. The number of hydrogen-bond acceptors (Lipinski definition) is 3. The minimum atomic E-state index is -0.253. The van der Waals surface area contributed by atoms with Gasteiger partial charge in [0, 0.05) is 21.3 Å². The van der Waals surface area contributed by atoms with Gasteiger partial charge in [-0.1, -0.05) is 29.3 Å². The van der Waals surface area contributed by atoms with Gasteiger partial charge in [-0.3, -0.25) is 4.79 Å². The van der Waals surface area contributed by atoms with Gasteiger partial charge in [0.2, 0.25) is 0 Å². The minimum absolute atomic E-state index is 0.231. The number of nitrogens with two attached hydrogens (primary N) is 1. The van der Waals surface area contributed by atoms with Crippen molar-refractivity contribution in [2.24, 2.45) is 0 Å². The maximum Gasteiger partial charge on any atom is 0.251 e. The van der Waals surface area contributed by atoms with E-state index in [0.29, 0.717) is 27.1 Å². The molecule has 0 radical (unpaired) electrons. The van der Waals surface area contributed by atoms with Gasteiger partial charge in [-0.2, -0.15) is 0 Å². The first kappa shape index (κ1) is 15.6. The fraction of sp³-hybridized carbons (Fsp3) is 0.200. The highest BCUT2D eigenvalue weighted by Gasteiger charge is 2.15. The minimum Gasteiger partial charge on any atom is -0.384 e. The van der Waals surface area contributed by atoms with Crippen LogP contribution >= 0.6 is 23.2 Å². The molecule has 2 rings (SSSR count). The van der Waals surface area contributed by atoms with Crippen molar-refractivity contribution >= 4 is 34.9 Å². The van der Waals surface area contributed by atoms with Crippen LogP contribution in [-0.2, 0) is 0 Å². The van der Waals surface area contributed by atoms with Crippen molar-refractivity contribution in [3.63, 3.8) is 0 Å². The molecule has 1 amide bonds. The molecule has 2 aromatic rings. The largest absolute Gasteiger partial charge is 0.384 e. The molecule has 0 fully saturated rings. The fourth-order valence-corrected chi connectivity index (χ4v) is 2.61. The summed E-state index contributed by atoms with van der Waals surface area (Å²) in [7, 11) is 0. The molecule has 0 aliphatic rings. The maximum absolute atomic E-state index is 12.2. The van der Waals surface area contributed by atoms with Crippen LogP contribution < -0.4 is 11.1 Å². The number of amides is 1. The number of aryl methyl sites for hydroxylation is 1. The molecule has 0 saturated heterocycles. The van der Waals surface area contributed by atoms with Gasteiger partial charge in [0.25, 0.3) is 5.91 Å². The van der Waals surface area contributed by atoms with Gasteiger partial charge in [-0.15, -0.1) is 0 Å². The van der Waals surface area contributed by atoms with Crippen LogP contribution in [0.4, 0.5) is 5.82 Å². The van der Waals surface area contributed by atoms with Crippen molar-refractivity contribution in [1.29, 1.82) is 0 Å². The number of carbonyl (C=O) groups excluding carboxylic acids is 1. The topological polar surface area (TPSA) is 68.0 Å². The summed E-state index contributed by atoms with van der Waals surface area (Å²) in [6.07, 6.45) is 0. The average Bonchev–Trinajstić information content (AvgIpc) is 2.37. The lowest BCUT2D eigenvalue weighted by Gasteiger charge is -2.16. The average molecular weight is 324 g/mol. The summed E-state index contributed by atoms with van der Waals surface area (Å²) >= 11 is 12.0. The third-order valence-corrected chi connectivity index (χ3v) is 3.57. The van der Waals surface area contributed by atoms with Crippen molar-refractivity contribution in [3.8, 4) is 0 Å². The quantitative estimate of drug-likeness (QED) is 0.903. The lowest BCUT2D eigenvalue weighted by Crippen LogP contribution is -2.27. The summed E-state index contributed by atoms with van der Waals surface area (Å²) in [5, 5.41) is 3.95. The number of carbonyl (C=O) groups is 1. The number of aromatic nitrogens is 1. The molecule has 110 valence electrons. The molecule has 0 aliphatic heterocycles. The third kappa shape index (κ3) is 3.86. The molecular formula is C15H15Cl2N3O. The van der Waals surface area contributed by atoms with Crippen LogP contribution in [0.3, 0.4) is 0 Å². The molecule has 1 heterocycles. The highest BCUT2D eigenvalue weighted by atomic mass is 35.5. The smallest absolute Gasteiger partial charge is 0.251 e. The zero-order chi connectivity index (χ0) is 15.6. The van der Waals surface area contributed by atoms with Crippen LogP contribution in [0.5, 0.6) is 0 Å². The van der Waals surface area contributed by atoms with Gasteiger partial charge < -0.3 is 11.1 Å². The second kappa shape index (κ2) is 6.33. The number of anilines is 1. The van der Waals surface area contributed by atoms with Gasteiger partial charge in [-0.05, 0) is 43.7 Å². The summed E-state index contributed by atoms with van der Waals surface area (Å²) in [4.78, 5) is 16.3. The summed E-state index contributed by atoms with van der Waals surface area (Å²) in [6, 6.07) is 8.15. The Labute approximate surface area is 133 Å². The Bertz CT molecular complexity index is 668. The first-order valence-corrected chi connectivity index (χ1v) is 7.12. The molecule has 1 unspecified atom stereocenters. The van der Waals surface area contributed by atoms with Gasteiger partial charge in [0.05, 0.1) is 6.04 Å². The van der Waals surface area contributed by atoms with Crippen molar-refractivity contribution in [2.45, 2.75) is 19.9 Å². The lowest BCUT2D eigenvalue weighted by atomic mass is 10.1. The van der Waals surface area contributed by atoms with Gasteiger partial charge in [0.15, 0.2) is 0 Å². The normalized spacial score (nSPS) is 12.0. The lowest BCUT2D eigenvalue weighted by molar-refractivity contribution is 0.0939. The summed E-state index contributed by atoms with van der Waals surface area (Å²) in [6.45, 7) is 3.64. The van der Waals surface area contributed by atoms with Gasteiger partial charge >= 0.3 is 0 Å². The van der Waals surface area contributed by atoms with E-state index < -0.39 is 0 Å². The predicted octanol–water partition coefficient (Wildman–Crippen LogP) is 3.77. The zero-order valence-corrected chi connectivity index (χ0v) is 13.2. The summed E-state index contributed by atoms with van der Waals surface area (Å²) in [5.74, 6) is 0.0862. The number of benzene rings is 1. The Morgan fingerprint density at radius 3 is 2.62 bits per heavy atom. The van der Waals surface area contributed by atoms with Crippen molar-refractivity contribution in [2.75, 3.05) is 5.73 Å². The number of nitrogen functional groups attached to an aromatic ring is 1. The molecule has 6 heteroatoms. The Balaban J connectivity index is 2.18. The van der Waals surface area contributed by atoms with Gasteiger partial charge in [0.1, 0.15) is 5.82 Å². The molecular weight excluding hydrogens is 309 g/mol. The summed E-state index contributed by atoms with van der Waals surface area (Å²) < 4.78 is 0. The predicted molar refractivity (Wildman–Crippen MR) is 85.7 cm³/mol. The van der Waals surface area contributed by atoms with E-state index in [4.69, 9.17) is 28.9 Å². The van der Waals surface area contributed by atoms with E-state index in [9.17, 15) is 4.79 Å². The maximum atomic E-state index is 12.2. The number of nitrogens with one attached hydrogen (secondary N) is 1. The van der Waals surface area contributed by atoms with E-state index in [-0.39, 0.29) is 11.9 Å². The molecule has 0 bridgehead atoms. The molecule has 0 saturated carbocycles. The van der Waals surface area contributed by atoms with Gasteiger partial charge in [-0.25, -0.2) is 4.98 Å². The Hall–Kier alpha value is -1.78. The zero-order valence-electron chi connectivity index (χ0n) is 11.7. The number of nitrogens with zero attached hydrogens (tertiary/aromatic N) is 1. The van der Waals surface area contributed by atoms with Crippen LogP contribution in [0.25, 0.3) is 0 Å². The van der Waals surface area contributed by atoms with Crippen molar-refractivity contribution < 1.29 is 4.79 Å². The van der Waals surface area contributed by atoms with Crippen LogP contribution in [0.2, 0.25) is 10.0 Å². The van der Waals surface area contributed by atoms with Crippen molar-refractivity contribution in [1.82, 2.24) is 10.3 Å².